The molecule has 16 heavy (non-hydrogen) atoms. The van der Waals surface area contributed by atoms with E-state index in [1.54, 1.807) is 0 Å². The van der Waals surface area contributed by atoms with Gasteiger partial charge in [-0.25, -0.2) is 8.42 Å². The van der Waals surface area contributed by atoms with E-state index in [0.717, 1.165) is 6.42 Å². The van der Waals surface area contributed by atoms with Crippen molar-refractivity contribution in [3.63, 3.8) is 0 Å². The molecule has 0 N–H and O–H groups in total. The zero-order valence-corrected chi connectivity index (χ0v) is 9.86. The van der Waals surface area contributed by atoms with Crippen molar-refractivity contribution in [2.75, 3.05) is 11.5 Å². The number of hydrogen-bond acceptors (Lipinski definition) is 3. The summed E-state index contributed by atoms with van der Waals surface area (Å²) in [4.78, 5) is 4.31. The summed E-state index contributed by atoms with van der Waals surface area (Å²) in [6.45, 7) is 0. The average molecular weight is 237 g/mol. The minimum atomic E-state index is -2.80. The third-order valence-electron chi connectivity index (χ3n) is 2.69. The Bertz CT molecular complexity index is 465. The molecule has 0 saturated carbocycles. The van der Waals surface area contributed by atoms with E-state index in [9.17, 15) is 8.42 Å². The Kier molecular flexibility index (Phi) is 3.39. The molecule has 1 atom stereocenters. The van der Waals surface area contributed by atoms with Crippen molar-refractivity contribution in [3.05, 3.63) is 35.9 Å². The first-order valence-corrected chi connectivity index (χ1v) is 7.24. The predicted molar refractivity (Wildman–Crippen MR) is 65.7 cm³/mol. The number of benzene rings is 1. The van der Waals surface area contributed by atoms with Crippen LogP contribution < -0.4 is 0 Å². The maximum Gasteiger partial charge on any atom is 0.152 e. The molecule has 1 aromatic rings. The van der Waals surface area contributed by atoms with E-state index in [4.69, 9.17) is 0 Å². The monoisotopic (exact) mass is 237 g/mol. The lowest BCUT2D eigenvalue weighted by molar-refractivity contribution is 0.601. The number of hydrogen-bond donors (Lipinski definition) is 0. The van der Waals surface area contributed by atoms with E-state index in [-0.39, 0.29) is 11.8 Å². The zero-order chi connectivity index (χ0) is 11.4. The van der Waals surface area contributed by atoms with E-state index in [2.05, 4.69) is 4.99 Å². The summed E-state index contributed by atoms with van der Waals surface area (Å²) in [7, 11) is -2.80. The standard InChI is InChI=1S/C12H15NO2S/c14-16(15)9-7-12(10-16)13-8-6-11-4-2-1-3-5-11/h1-5,8,12H,6-7,9-10H2/t12-/m0/s1. The molecule has 1 heterocycles. The highest BCUT2D eigenvalue weighted by Gasteiger charge is 2.26. The predicted octanol–water partition coefficient (Wildman–Crippen LogP) is 1.49. The van der Waals surface area contributed by atoms with Crippen molar-refractivity contribution >= 4 is 16.1 Å². The van der Waals surface area contributed by atoms with Crippen LogP contribution in [0, 0.1) is 0 Å². The van der Waals surface area contributed by atoms with E-state index in [1.807, 2.05) is 36.5 Å². The van der Waals surface area contributed by atoms with Gasteiger partial charge in [0.15, 0.2) is 9.84 Å². The molecule has 0 bridgehead atoms. The van der Waals surface area contributed by atoms with Gasteiger partial charge in [-0.1, -0.05) is 30.3 Å². The second-order valence-corrected chi connectivity index (χ2v) is 6.31. The highest BCUT2D eigenvalue weighted by atomic mass is 32.2. The van der Waals surface area contributed by atoms with Gasteiger partial charge in [0.05, 0.1) is 17.5 Å². The largest absolute Gasteiger partial charge is 0.293 e. The summed E-state index contributed by atoms with van der Waals surface area (Å²) in [5.74, 6) is 0.513. The Hall–Kier alpha value is -1.16. The first kappa shape index (κ1) is 11.3. The van der Waals surface area contributed by atoms with Crippen LogP contribution in [-0.2, 0) is 16.3 Å². The van der Waals surface area contributed by atoms with Crippen LogP contribution in [0.2, 0.25) is 0 Å². The fraction of sp³-hybridized carbons (Fsp3) is 0.417. The van der Waals surface area contributed by atoms with Crippen LogP contribution in [0.4, 0.5) is 0 Å². The Morgan fingerprint density at radius 3 is 2.69 bits per heavy atom. The smallest absolute Gasteiger partial charge is 0.152 e. The minimum Gasteiger partial charge on any atom is -0.293 e. The second kappa shape index (κ2) is 4.78. The molecule has 1 saturated heterocycles. The molecule has 0 aliphatic carbocycles. The second-order valence-electron chi connectivity index (χ2n) is 4.08. The summed E-state index contributed by atoms with van der Waals surface area (Å²) in [5.41, 5.74) is 1.20. The summed E-state index contributed by atoms with van der Waals surface area (Å²) in [6.07, 6.45) is 3.28. The first-order chi connectivity index (χ1) is 7.66. The molecule has 0 amide bonds. The topological polar surface area (TPSA) is 46.5 Å². The molecule has 0 spiro atoms. The van der Waals surface area contributed by atoms with Gasteiger partial charge in [-0.15, -0.1) is 0 Å². The van der Waals surface area contributed by atoms with Gasteiger partial charge in [0.2, 0.25) is 0 Å². The SMILES string of the molecule is O=S1(=O)CC[C@H](N=CCc2ccccc2)C1. The van der Waals surface area contributed by atoms with Gasteiger partial charge in [-0.3, -0.25) is 4.99 Å². The van der Waals surface area contributed by atoms with Crippen molar-refractivity contribution in [1.82, 2.24) is 0 Å². The highest BCUT2D eigenvalue weighted by Crippen LogP contribution is 2.14. The van der Waals surface area contributed by atoms with Crippen LogP contribution in [0.15, 0.2) is 35.3 Å². The molecule has 2 rings (SSSR count). The van der Waals surface area contributed by atoms with Gasteiger partial charge in [0.1, 0.15) is 0 Å². The molecule has 1 aliphatic rings. The molecule has 3 nitrogen and oxygen atoms in total. The lowest BCUT2D eigenvalue weighted by Gasteiger charge is -1.99. The van der Waals surface area contributed by atoms with Crippen LogP contribution in [0.3, 0.4) is 0 Å². The van der Waals surface area contributed by atoms with Crippen LogP contribution in [0.25, 0.3) is 0 Å². The van der Waals surface area contributed by atoms with Crippen molar-refractivity contribution < 1.29 is 8.42 Å². The van der Waals surface area contributed by atoms with Crippen molar-refractivity contribution in [1.29, 1.82) is 0 Å². The van der Waals surface area contributed by atoms with Crippen LogP contribution >= 0.6 is 0 Å². The molecule has 0 aromatic heterocycles. The molecular formula is C12H15NO2S. The third-order valence-corrected chi connectivity index (χ3v) is 4.44. The molecule has 1 fully saturated rings. The fourth-order valence-electron chi connectivity index (χ4n) is 1.81. The summed E-state index contributed by atoms with van der Waals surface area (Å²) in [5, 5.41) is 0. The average Bonchev–Trinajstić information content (AvgIpc) is 2.60. The lowest BCUT2D eigenvalue weighted by atomic mass is 10.2. The molecular weight excluding hydrogens is 222 g/mol. The van der Waals surface area contributed by atoms with Crippen molar-refractivity contribution in [2.24, 2.45) is 4.99 Å². The van der Waals surface area contributed by atoms with Crippen molar-refractivity contribution in [2.45, 2.75) is 18.9 Å². The third kappa shape index (κ3) is 3.17. The van der Waals surface area contributed by atoms with Gasteiger partial charge in [-0.2, -0.15) is 0 Å². The number of nitrogens with zero attached hydrogens (tertiary/aromatic N) is 1. The molecule has 0 radical (unpaired) electrons. The maximum absolute atomic E-state index is 11.2. The number of sulfone groups is 1. The fourth-order valence-corrected chi connectivity index (χ4v) is 3.45. The summed E-state index contributed by atoms with van der Waals surface area (Å²) < 4.78 is 22.4. The Morgan fingerprint density at radius 2 is 2.06 bits per heavy atom. The van der Waals surface area contributed by atoms with E-state index in [0.29, 0.717) is 12.2 Å². The lowest BCUT2D eigenvalue weighted by Crippen LogP contribution is -2.07. The molecule has 4 heteroatoms. The molecule has 86 valence electrons. The van der Waals surface area contributed by atoms with E-state index < -0.39 is 9.84 Å². The Labute approximate surface area is 96.1 Å². The summed E-state index contributed by atoms with van der Waals surface area (Å²) >= 11 is 0. The first-order valence-electron chi connectivity index (χ1n) is 5.42. The number of rotatable bonds is 3. The highest BCUT2D eigenvalue weighted by molar-refractivity contribution is 7.91. The maximum atomic E-state index is 11.2. The summed E-state index contributed by atoms with van der Waals surface area (Å²) in [6, 6.07) is 10.0. The Morgan fingerprint density at radius 1 is 1.31 bits per heavy atom. The van der Waals surface area contributed by atoms with Crippen molar-refractivity contribution in [3.8, 4) is 0 Å². The van der Waals surface area contributed by atoms with Gasteiger partial charge >= 0.3 is 0 Å². The van der Waals surface area contributed by atoms with Gasteiger partial charge < -0.3 is 0 Å². The Balaban J connectivity index is 1.87. The number of aliphatic imine (C=N–C) groups is 1. The minimum absolute atomic E-state index is 0.0197. The quantitative estimate of drug-likeness (QED) is 0.748. The van der Waals surface area contributed by atoms with E-state index in [1.165, 1.54) is 5.56 Å². The molecule has 0 unspecified atom stereocenters. The van der Waals surface area contributed by atoms with Crippen LogP contribution in [-0.4, -0.2) is 32.2 Å². The normalized spacial score (nSPS) is 23.9. The van der Waals surface area contributed by atoms with E-state index >= 15 is 0 Å². The van der Waals surface area contributed by atoms with Gasteiger partial charge in [-0.05, 0) is 12.0 Å². The molecule has 1 aromatic carbocycles. The zero-order valence-electron chi connectivity index (χ0n) is 9.04. The van der Waals surface area contributed by atoms with Crippen LogP contribution in [0.5, 0.6) is 0 Å². The van der Waals surface area contributed by atoms with Crippen LogP contribution in [0.1, 0.15) is 12.0 Å². The van der Waals surface area contributed by atoms with Gasteiger partial charge in [0, 0.05) is 12.6 Å². The molecule has 1 aliphatic heterocycles. The van der Waals surface area contributed by atoms with Gasteiger partial charge in [0.25, 0.3) is 0 Å².